The molecule has 1 N–H and O–H groups in total. The molecule has 0 spiro atoms. The summed E-state index contributed by atoms with van der Waals surface area (Å²) in [6.45, 7) is 0. The van der Waals surface area contributed by atoms with E-state index in [4.69, 9.17) is 6.42 Å². The molecule has 0 radical (unpaired) electrons. The summed E-state index contributed by atoms with van der Waals surface area (Å²) >= 11 is 0. The third-order valence-electron chi connectivity index (χ3n) is 1.45. The molecule has 0 aliphatic carbocycles. The normalized spacial score (nSPS) is 9.73. The first-order valence-electron chi connectivity index (χ1n) is 3.17. The number of hydrogen-bond acceptors (Lipinski definition) is 2. The zero-order chi connectivity index (χ0) is 7.68. The number of aromatic nitrogens is 3. The van der Waals surface area contributed by atoms with Gasteiger partial charge in [-0.2, -0.15) is 5.10 Å². The molecule has 2 rings (SSSR count). The second-order valence-corrected chi connectivity index (χ2v) is 2.15. The number of fused-ring (bicyclic) bond motifs is 1. The second-order valence-electron chi connectivity index (χ2n) is 2.15. The largest absolute Gasteiger partial charge is 0.261 e. The molecule has 0 amide bonds. The predicted octanol–water partition coefficient (Wildman–Crippen LogP) is 0.939. The fraction of sp³-hybridized carbons (Fsp3) is 0. The quantitative estimate of drug-likeness (QED) is 0.557. The molecule has 0 aliphatic rings. The Morgan fingerprint density at radius 1 is 1.45 bits per heavy atom. The van der Waals surface area contributed by atoms with E-state index in [-0.39, 0.29) is 0 Å². The van der Waals surface area contributed by atoms with Gasteiger partial charge in [-0.1, -0.05) is 5.92 Å². The van der Waals surface area contributed by atoms with Crippen molar-refractivity contribution in [1.82, 2.24) is 15.2 Å². The van der Waals surface area contributed by atoms with Crippen LogP contribution in [0.2, 0.25) is 0 Å². The van der Waals surface area contributed by atoms with E-state index < -0.39 is 0 Å². The van der Waals surface area contributed by atoms with Gasteiger partial charge in [0, 0.05) is 5.39 Å². The molecule has 3 nitrogen and oxygen atoms in total. The van der Waals surface area contributed by atoms with E-state index in [2.05, 4.69) is 21.1 Å². The maximum atomic E-state index is 5.16. The number of aromatic amines is 1. The van der Waals surface area contributed by atoms with E-state index in [0.717, 1.165) is 11.0 Å². The van der Waals surface area contributed by atoms with E-state index in [0.29, 0.717) is 5.69 Å². The van der Waals surface area contributed by atoms with E-state index in [1.807, 2.05) is 6.07 Å². The Labute approximate surface area is 63.5 Å². The molecule has 3 heteroatoms. The van der Waals surface area contributed by atoms with Gasteiger partial charge in [-0.3, -0.25) is 5.10 Å². The monoisotopic (exact) mass is 143 g/mol. The van der Waals surface area contributed by atoms with Crippen molar-refractivity contribution in [3.63, 3.8) is 0 Å². The first-order chi connectivity index (χ1) is 5.40. The lowest BCUT2D eigenvalue weighted by Gasteiger charge is -1.88. The van der Waals surface area contributed by atoms with Crippen molar-refractivity contribution >= 4 is 11.0 Å². The number of rotatable bonds is 0. The van der Waals surface area contributed by atoms with Crippen molar-refractivity contribution < 1.29 is 0 Å². The third-order valence-corrected chi connectivity index (χ3v) is 1.45. The van der Waals surface area contributed by atoms with Gasteiger partial charge in [0.05, 0.1) is 6.20 Å². The van der Waals surface area contributed by atoms with Gasteiger partial charge >= 0.3 is 0 Å². The van der Waals surface area contributed by atoms with Crippen LogP contribution in [-0.2, 0) is 0 Å². The van der Waals surface area contributed by atoms with Crippen molar-refractivity contribution in [2.75, 3.05) is 0 Å². The van der Waals surface area contributed by atoms with E-state index in [1.165, 1.54) is 0 Å². The molecule has 0 bridgehead atoms. The summed E-state index contributed by atoms with van der Waals surface area (Å²) in [7, 11) is 0. The van der Waals surface area contributed by atoms with Gasteiger partial charge in [-0.25, -0.2) is 4.98 Å². The number of hydrogen-bond donors (Lipinski definition) is 1. The molecule has 0 aliphatic heterocycles. The maximum absolute atomic E-state index is 5.16. The van der Waals surface area contributed by atoms with Crippen molar-refractivity contribution in [3.8, 4) is 12.3 Å². The fourth-order valence-corrected chi connectivity index (χ4v) is 0.907. The van der Waals surface area contributed by atoms with Gasteiger partial charge in [0.25, 0.3) is 0 Å². The summed E-state index contributed by atoms with van der Waals surface area (Å²) in [4.78, 5) is 4.10. The molecular formula is C8H5N3. The van der Waals surface area contributed by atoms with Crippen molar-refractivity contribution in [1.29, 1.82) is 0 Å². The zero-order valence-electron chi connectivity index (χ0n) is 5.70. The molecule has 0 saturated heterocycles. The zero-order valence-corrected chi connectivity index (χ0v) is 5.70. The highest BCUT2D eigenvalue weighted by Crippen LogP contribution is 2.06. The van der Waals surface area contributed by atoms with Gasteiger partial charge in [-0.05, 0) is 12.1 Å². The number of nitrogens with one attached hydrogen (secondary N) is 1. The molecule has 2 heterocycles. The van der Waals surface area contributed by atoms with Gasteiger partial charge in [0.2, 0.25) is 0 Å². The van der Waals surface area contributed by atoms with Crippen LogP contribution in [0.3, 0.4) is 0 Å². The lowest BCUT2D eigenvalue weighted by Crippen LogP contribution is -1.81. The summed E-state index contributed by atoms with van der Waals surface area (Å²) in [6.07, 6.45) is 6.87. The molecule has 0 saturated carbocycles. The topological polar surface area (TPSA) is 41.6 Å². The minimum absolute atomic E-state index is 0.627. The van der Waals surface area contributed by atoms with Crippen LogP contribution in [0.1, 0.15) is 5.69 Å². The predicted molar refractivity (Wildman–Crippen MR) is 41.8 cm³/mol. The molecule has 2 aromatic heterocycles. The highest BCUT2D eigenvalue weighted by molar-refractivity contribution is 5.74. The Kier molecular flexibility index (Phi) is 1.13. The van der Waals surface area contributed by atoms with Crippen LogP contribution in [0.15, 0.2) is 18.3 Å². The number of H-pyrrole nitrogens is 1. The summed E-state index contributed by atoms with van der Waals surface area (Å²) in [6, 6.07) is 3.68. The molecule has 0 unspecified atom stereocenters. The maximum Gasteiger partial charge on any atom is 0.156 e. The molecule has 52 valence electrons. The SMILES string of the molecule is C#Cc1ccc2cn[nH]c2n1. The van der Waals surface area contributed by atoms with Crippen LogP contribution in [0.25, 0.3) is 11.0 Å². The smallest absolute Gasteiger partial charge is 0.156 e. The van der Waals surface area contributed by atoms with Gasteiger partial charge in [-0.15, -0.1) is 6.42 Å². The van der Waals surface area contributed by atoms with E-state index in [1.54, 1.807) is 12.3 Å². The van der Waals surface area contributed by atoms with Crippen LogP contribution in [0.4, 0.5) is 0 Å². The Balaban J connectivity index is 2.79. The van der Waals surface area contributed by atoms with Gasteiger partial charge < -0.3 is 0 Å². The molecule has 0 fully saturated rings. The lowest BCUT2D eigenvalue weighted by molar-refractivity contribution is 1.09. The Morgan fingerprint density at radius 3 is 3.18 bits per heavy atom. The molecule has 0 aromatic carbocycles. The highest BCUT2D eigenvalue weighted by atomic mass is 15.1. The second kappa shape index (κ2) is 2.10. The van der Waals surface area contributed by atoms with Crippen LogP contribution in [-0.4, -0.2) is 15.2 Å². The summed E-state index contributed by atoms with van der Waals surface area (Å²) in [5, 5.41) is 7.53. The lowest BCUT2D eigenvalue weighted by atomic mass is 10.3. The highest BCUT2D eigenvalue weighted by Gasteiger charge is 1.95. The summed E-state index contributed by atoms with van der Waals surface area (Å²) in [5.41, 5.74) is 1.36. The minimum atomic E-state index is 0.627. The average Bonchev–Trinajstić information content (AvgIpc) is 2.50. The van der Waals surface area contributed by atoms with Gasteiger partial charge in [0.1, 0.15) is 5.69 Å². The summed E-state index contributed by atoms with van der Waals surface area (Å²) < 4.78 is 0. The minimum Gasteiger partial charge on any atom is -0.261 e. The van der Waals surface area contributed by atoms with Crippen LogP contribution in [0.5, 0.6) is 0 Å². The Hall–Kier alpha value is -1.82. The first-order valence-corrected chi connectivity index (χ1v) is 3.17. The average molecular weight is 143 g/mol. The van der Waals surface area contributed by atoms with Crippen LogP contribution in [0, 0.1) is 12.3 Å². The Morgan fingerprint density at radius 2 is 2.36 bits per heavy atom. The fourth-order valence-electron chi connectivity index (χ4n) is 0.907. The number of nitrogens with zero attached hydrogens (tertiary/aromatic N) is 2. The molecule has 0 atom stereocenters. The van der Waals surface area contributed by atoms with Crippen LogP contribution < -0.4 is 0 Å². The van der Waals surface area contributed by atoms with Crippen LogP contribution >= 0.6 is 0 Å². The third kappa shape index (κ3) is 0.849. The van der Waals surface area contributed by atoms with Crippen molar-refractivity contribution in [2.45, 2.75) is 0 Å². The standard InChI is InChI=1S/C8H5N3/c1-2-7-4-3-6-5-9-11-8(6)10-7/h1,3-5H,(H,9,10,11). The molecule has 11 heavy (non-hydrogen) atoms. The number of pyridine rings is 1. The molecular weight excluding hydrogens is 138 g/mol. The summed E-state index contributed by atoms with van der Waals surface area (Å²) in [5.74, 6) is 2.45. The van der Waals surface area contributed by atoms with E-state index in [9.17, 15) is 0 Å². The van der Waals surface area contributed by atoms with Crippen molar-refractivity contribution in [2.24, 2.45) is 0 Å². The Bertz CT molecular complexity index is 422. The van der Waals surface area contributed by atoms with E-state index >= 15 is 0 Å². The molecule has 2 aromatic rings. The van der Waals surface area contributed by atoms with Gasteiger partial charge in [0.15, 0.2) is 5.65 Å². The first kappa shape index (κ1) is 5.93. The number of terminal acetylenes is 1. The van der Waals surface area contributed by atoms with Crippen molar-refractivity contribution in [3.05, 3.63) is 24.0 Å².